The van der Waals surface area contributed by atoms with Gasteiger partial charge in [-0.25, -0.2) is 0 Å². The lowest BCUT2D eigenvalue weighted by molar-refractivity contribution is 0.850. The first-order chi connectivity index (χ1) is 7.95. The summed E-state index contributed by atoms with van der Waals surface area (Å²) in [6.45, 7) is 0. The minimum absolute atomic E-state index is 0.268. The second-order valence-electron chi connectivity index (χ2n) is 3.87. The minimum Gasteiger partial charge on any atom is -0.381 e. The van der Waals surface area contributed by atoms with Crippen LogP contribution in [0.2, 0.25) is 0 Å². The molecular weight excluding hydrogens is 194 g/mol. The van der Waals surface area contributed by atoms with Crippen molar-refractivity contribution in [2.45, 2.75) is 6.04 Å². The van der Waals surface area contributed by atoms with Gasteiger partial charge in [-0.2, -0.15) is 0 Å². The highest BCUT2D eigenvalue weighted by atomic mass is 14.9. The highest BCUT2D eigenvalue weighted by molar-refractivity contribution is 5.67. The van der Waals surface area contributed by atoms with Crippen molar-refractivity contribution in [2.75, 3.05) is 0 Å². The Morgan fingerprint density at radius 3 is 3.06 bits per heavy atom. The Bertz CT molecular complexity index is 603. The molecule has 1 aromatic rings. The molecule has 1 aliphatic carbocycles. The fraction of sp³-hybridized carbons (Fsp3) is 0.0667. The number of rotatable bonds is 0. The zero-order chi connectivity index (χ0) is 10.8. The Labute approximate surface area is 94.8 Å². The van der Waals surface area contributed by atoms with Gasteiger partial charge < -0.3 is 5.32 Å². The SMILES string of the molecule is [C]1=c2/cccc/c2=C2\C=CC=CC2N\C=C/1. The van der Waals surface area contributed by atoms with Gasteiger partial charge in [-0.3, -0.25) is 0 Å². The van der Waals surface area contributed by atoms with Crippen molar-refractivity contribution in [3.05, 3.63) is 71.3 Å². The van der Waals surface area contributed by atoms with Crippen molar-refractivity contribution in [2.24, 2.45) is 0 Å². The first-order valence-electron chi connectivity index (χ1n) is 5.44. The average molecular weight is 206 g/mol. The molecule has 0 bridgehead atoms. The van der Waals surface area contributed by atoms with Crippen LogP contribution in [0.3, 0.4) is 0 Å². The monoisotopic (exact) mass is 206 g/mol. The van der Waals surface area contributed by atoms with E-state index in [1.165, 1.54) is 10.8 Å². The van der Waals surface area contributed by atoms with Gasteiger partial charge in [0.15, 0.2) is 0 Å². The first-order valence-corrected chi connectivity index (χ1v) is 5.44. The molecule has 3 rings (SSSR count). The zero-order valence-electron chi connectivity index (χ0n) is 8.85. The van der Waals surface area contributed by atoms with Crippen molar-refractivity contribution in [3.8, 4) is 0 Å². The second-order valence-corrected chi connectivity index (χ2v) is 3.87. The minimum atomic E-state index is 0.268. The van der Waals surface area contributed by atoms with E-state index in [9.17, 15) is 0 Å². The highest BCUT2D eigenvalue weighted by Crippen LogP contribution is 2.11. The average Bonchev–Trinajstić information content (AvgIpc) is 2.33. The molecule has 0 saturated heterocycles. The number of fused-ring (bicyclic) bond motifs is 2. The van der Waals surface area contributed by atoms with Gasteiger partial charge in [0, 0.05) is 0 Å². The van der Waals surface area contributed by atoms with Crippen LogP contribution in [0, 0.1) is 0 Å². The summed E-state index contributed by atoms with van der Waals surface area (Å²) in [5.41, 5.74) is 1.30. The molecule has 16 heavy (non-hydrogen) atoms. The highest BCUT2D eigenvalue weighted by Gasteiger charge is 2.10. The van der Waals surface area contributed by atoms with Crippen LogP contribution < -0.4 is 15.8 Å². The maximum Gasteiger partial charge on any atom is 0.0701 e. The Kier molecular flexibility index (Phi) is 2.22. The summed E-state index contributed by atoms with van der Waals surface area (Å²) in [6.07, 6.45) is 15.6. The molecule has 1 N–H and O–H groups in total. The summed E-state index contributed by atoms with van der Waals surface area (Å²) in [6, 6.07) is 8.63. The van der Waals surface area contributed by atoms with Crippen molar-refractivity contribution >= 4 is 11.6 Å². The fourth-order valence-electron chi connectivity index (χ4n) is 2.09. The van der Waals surface area contributed by atoms with Crippen LogP contribution in [-0.4, -0.2) is 6.04 Å². The molecule has 1 aromatic carbocycles. The maximum atomic E-state index is 3.35. The van der Waals surface area contributed by atoms with E-state index < -0.39 is 0 Å². The van der Waals surface area contributed by atoms with Gasteiger partial charge in [0.25, 0.3) is 0 Å². The third-order valence-electron chi connectivity index (χ3n) is 2.86. The van der Waals surface area contributed by atoms with Gasteiger partial charge in [-0.05, 0) is 34.4 Å². The summed E-state index contributed by atoms with van der Waals surface area (Å²) in [4.78, 5) is 0. The zero-order valence-corrected chi connectivity index (χ0v) is 8.85. The Morgan fingerprint density at radius 1 is 1.12 bits per heavy atom. The van der Waals surface area contributed by atoms with Gasteiger partial charge in [-0.1, -0.05) is 48.6 Å². The number of allylic oxidation sites excluding steroid dienone is 3. The van der Waals surface area contributed by atoms with E-state index in [2.05, 4.69) is 53.9 Å². The standard InChI is InChI=1S/C15H12N/c1-2-8-13-12(6-1)7-5-11-16-15-10-4-3-9-14(13)15/h1-6,8-11,15-16H/b11-5-,12-7?,14-13-. The van der Waals surface area contributed by atoms with Crippen molar-refractivity contribution < 1.29 is 0 Å². The van der Waals surface area contributed by atoms with E-state index in [0.717, 1.165) is 5.22 Å². The maximum absolute atomic E-state index is 3.35. The number of nitrogens with one attached hydrogen (secondary N) is 1. The number of hydrogen-bond acceptors (Lipinski definition) is 1. The molecular formula is C15H12N. The summed E-state index contributed by atoms with van der Waals surface area (Å²) >= 11 is 0. The molecule has 77 valence electrons. The van der Waals surface area contributed by atoms with Crippen LogP contribution >= 0.6 is 0 Å². The molecule has 1 heterocycles. The lowest BCUT2D eigenvalue weighted by Crippen LogP contribution is -2.35. The van der Waals surface area contributed by atoms with Crippen LogP contribution in [0.4, 0.5) is 0 Å². The van der Waals surface area contributed by atoms with Gasteiger partial charge in [-0.15, -0.1) is 0 Å². The van der Waals surface area contributed by atoms with E-state index in [-0.39, 0.29) is 6.04 Å². The Hall–Kier alpha value is -2.02. The molecule has 1 nitrogen and oxygen atoms in total. The quantitative estimate of drug-likeness (QED) is 0.670. The van der Waals surface area contributed by atoms with E-state index in [1.807, 2.05) is 18.3 Å². The Morgan fingerprint density at radius 2 is 2.06 bits per heavy atom. The van der Waals surface area contributed by atoms with Crippen LogP contribution in [0.1, 0.15) is 0 Å². The van der Waals surface area contributed by atoms with E-state index in [1.54, 1.807) is 0 Å². The summed E-state index contributed by atoms with van der Waals surface area (Å²) < 4.78 is 0. The molecule has 1 heteroatoms. The molecule has 0 saturated carbocycles. The van der Waals surface area contributed by atoms with Crippen LogP contribution in [0.25, 0.3) is 11.6 Å². The van der Waals surface area contributed by atoms with E-state index in [4.69, 9.17) is 0 Å². The predicted molar refractivity (Wildman–Crippen MR) is 66.9 cm³/mol. The third-order valence-corrected chi connectivity index (χ3v) is 2.86. The van der Waals surface area contributed by atoms with Gasteiger partial charge in [0.05, 0.1) is 6.04 Å². The lowest BCUT2D eigenvalue weighted by atomic mass is 9.97. The smallest absolute Gasteiger partial charge is 0.0701 e. The van der Waals surface area contributed by atoms with Crippen molar-refractivity contribution in [1.29, 1.82) is 0 Å². The molecule has 0 amide bonds. The summed E-state index contributed by atoms with van der Waals surface area (Å²) in [5.74, 6) is 0. The topological polar surface area (TPSA) is 12.0 Å². The van der Waals surface area contributed by atoms with Gasteiger partial charge >= 0.3 is 0 Å². The van der Waals surface area contributed by atoms with Crippen molar-refractivity contribution in [1.82, 2.24) is 5.32 Å². The lowest BCUT2D eigenvalue weighted by Gasteiger charge is -2.18. The van der Waals surface area contributed by atoms with Crippen LogP contribution in [0.5, 0.6) is 0 Å². The van der Waals surface area contributed by atoms with Crippen LogP contribution in [0.15, 0.2) is 60.8 Å². The molecule has 2 aliphatic rings. The second kappa shape index (κ2) is 3.86. The van der Waals surface area contributed by atoms with E-state index >= 15 is 0 Å². The predicted octanol–water partition coefficient (Wildman–Crippen LogP) is 1.11. The summed E-state index contributed by atoms with van der Waals surface area (Å²) in [5, 5.41) is 5.75. The number of hydrogen-bond donors (Lipinski definition) is 1. The normalized spacial score (nSPS) is 28.8. The van der Waals surface area contributed by atoms with Crippen molar-refractivity contribution in [3.63, 3.8) is 0 Å². The largest absolute Gasteiger partial charge is 0.381 e. The number of benzene rings is 1. The molecule has 0 spiro atoms. The van der Waals surface area contributed by atoms with E-state index in [0.29, 0.717) is 0 Å². The third kappa shape index (κ3) is 1.50. The molecule has 1 unspecified atom stereocenters. The fourth-order valence-corrected chi connectivity index (χ4v) is 2.09. The van der Waals surface area contributed by atoms with Crippen LogP contribution in [-0.2, 0) is 0 Å². The molecule has 1 atom stereocenters. The molecule has 1 radical (unpaired) electrons. The molecule has 1 aliphatic heterocycles. The van der Waals surface area contributed by atoms with Gasteiger partial charge in [0.1, 0.15) is 0 Å². The molecule has 0 aromatic heterocycles. The Balaban J connectivity index is 2.40. The first kappa shape index (κ1) is 9.22. The van der Waals surface area contributed by atoms with Gasteiger partial charge in [0.2, 0.25) is 0 Å². The molecule has 0 fully saturated rings. The summed E-state index contributed by atoms with van der Waals surface area (Å²) in [7, 11) is 0.